The Morgan fingerprint density at radius 2 is 2.20 bits per heavy atom. The molecule has 0 radical (unpaired) electrons. The molecular formula is C12H9N5O3. The monoisotopic (exact) mass is 271 g/mol. The third-order valence-electron chi connectivity index (χ3n) is 2.61. The van der Waals surface area contributed by atoms with Crippen LogP contribution in [-0.2, 0) is 4.79 Å². The summed E-state index contributed by atoms with van der Waals surface area (Å²) in [4.78, 5) is 23.1. The second-order valence-corrected chi connectivity index (χ2v) is 4.10. The Morgan fingerprint density at radius 1 is 1.35 bits per heavy atom. The number of amides is 1. The summed E-state index contributed by atoms with van der Waals surface area (Å²) in [6.45, 7) is 1.39. The molecular weight excluding hydrogens is 262 g/mol. The normalized spacial score (nSPS) is 10.7. The molecule has 1 aromatic carbocycles. The molecule has 20 heavy (non-hydrogen) atoms. The first-order valence-electron chi connectivity index (χ1n) is 5.73. The van der Waals surface area contributed by atoms with Crippen molar-refractivity contribution in [3.63, 3.8) is 0 Å². The Morgan fingerprint density at radius 3 is 2.90 bits per heavy atom. The van der Waals surface area contributed by atoms with Gasteiger partial charge in [-0.05, 0) is 23.4 Å². The number of carbonyl (C=O) groups is 1. The van der Waals surface area contributed by atoms with E-state index >= 15 is 0 Å². The lowest BCUT2D eigenvalue weighted by molar-refractivity contribution is -0.114. The molecule has 0 saturated heterocycles. The van der Waals surface area contributed by atoms with Gasteiger partial charge in [-0.25, -0.2) is 0 Å². The standard InChI is InChI=1S/C12H9N5O3/c1-6(18)13-7-2-3-10-8(4-7)9(19)5-11(20-10)12-14-16-17-15-12/h2-5H,1H3,(H,13,18)(H,14,15,16,17). The summed E-state index contributed by atoms with van der Waals surface area (Å²) < 4.78 is 5.55. The van der Waals surface area contributed by atoms with Crippen molar-refractivity contribution in [2.75, 3.05) is 5.32 Å². The first-order valence-corrected chi connectivity index (χ1v) is 5.73. The van der Waals surface area contributed by atoms with Gasteiger partial charge < -0.3 is 9.73 Å². The van der Waals surface area contributed by atoms with Gasteiger partial charge in [0.2, 0.25) is 11.7 Å². The fraction of sp³-hybridized carbons (Fsp3) is 0.0833. The van der Waals surface area contributed by atoms with Crippen LogP contribution in [0.3, 0.4) is 0 Å². The van der Waals surface area contributed by atoms with E-state index in [2.05, 4.69) is 25.9 Å². The summed E-state index contributed by atoms with van der Waals surface area (Å²) in [6.07, 6.45) is 0. The van der Waals surface area contributed by atoms with Gasteiger partial charge in [0.15, 0.2) is 11.2 Å². The van der Waals surface area contributed by atoms with Gasteiger partial charge in [0, 0.05) is 18.7 Å². The van der Waals surface area contributed by atoms with Gasteiger partial charge in [0.05, 0.1) is 5.39 Å². The van der Waals surface area contributed by atoms with Gasteiger partial charge in [-0.3, -0.25) is 9.59 Å². The largest absolute Gasteiger partial charge is 0.452 e. The highest BCUT2D eigenvalue weighted by molar-refractivity contribution is 5.91. The Hall–Kier alpha value is -3.03. The molecule has 0 saturated carbocycles. The Labute approximate surface area is 111 Å². The Kier molecular flexibility index (Phi) is 2.75. The van der Waals surface area contributed by atoms with Crippen LogP contribution in [0.2, 0.25) is 0 Å². The number of carbonyl (C=O) groups excluding carboxylic acids is 1. The zero-order valence-electron chi connectivity index (χ0n) is 10.4. The van der Waals surface area contributed by atoms with Crippen LogP contribution in [0.15, 0.2) is 33.5 Å². The zero-order valence-corrected chi connectivity index (χ0v) is 10.4. The minimum Gasteiger partial charge on any atom is -0.452 e. The number of anilines is 1. The SMILES string of the molecule is CC(=O)Nc1ccc2oc(-c3nn[nH]n3)cc(=O)c2c1. The molecule has 1 amide bonds. The molecule has 0 aliphatic heterocycles. The number of aromatic nitrogens is 4. The lowest BCUT2D eigenvalue weighted by Gasteiger charge is -2.04. The Bertz CT molecular complexity index is 838. The third kappa shape index (κ3) is 2.14. The molecule has 8 heteroatoms. The molecule has 0 spiro atoms. The Balaban J connectivity index is 2.14. The molecule has 2 heterocycles. The number of hydrogen-bond acceptors (Lipinski definition) is 6. The highest BCUT2D eigenvalue weighted by atomic mass is 16.3. The predicted octanol–water partition coefficient (Wildman–Crippen LogP) is 0.931. The van der Waals surface area contributed by atoms with Gasteiger partial charge in [-0.15, -0.1) is 10.2 Å². The second kappa shape index (κ2) is 4.57. The van der Waals surface area contributed by atoms with Crippen LogP contribution in [0, 0.1) is 0 Å². The lowest BCUT2D eigenvalue weighted by Crippen LogP contribution is -2.07. The van der Waals surface area contributed by atoms with Crippen LogP contribution >= 0.6 is 0 Å². The van der Waals surface area contributed by atoms with Crippen LogP contribution in [0.5, 0.6) is 0 Å². The maximum atomic E-state index is 12.1. The molecule has 0 unspecified atom stereocenters. The average Bonchev–Trinajstić information content (AvgIpc) is 2.92. The number of nitrogens with zero attached hydrogens (tertiary/aromatic N) is 3. The van der Waals surface area contributed by atoms with Gasteiger partial charge in [-0.2, -0.15) is 5.21 Å². The van der Waals surface area contributed by atoms with Crippen LogP contribution in [0.4, 0.5) is 5.69 Å². The van der Waals surface area contributed by atoms with Gasteiger partial charge in [0.1, 0.15) is 5.58 Å². The second-order valence-electron chi connectivity index (χ2n) is 4.10. The van der Waals surface area contributed by atoms with Gasteiger partial charge >= 0.3 is 0 Å². The average molecular weight is 271 g/mol. The molecule has 2 aromatic heterocycles. The zero-order chi connectivity index (χ0) is 14.1. The number of fused-ring (bicyclic) bond motifs is 1. The van der Waals surface area contributed by atoms with Crippen LogP contribution in [-0.4, -0.2) is 26.5 Å². The van der Waals surface area contributed by atoms with Crippen molar-refractivity contribution in [2.24, 2.45) is 0 Å². The summed E-state index contributed by atoms with van der Waals surface area (Å²) in [6, 6.07) is 6.09. The predicted molar refractivity (Wildman–Crippen MR) is 70.0 cm³/mol. The molecule has 3 aromatic rings. The third-order valence-corrected chi connectivity index (χ3v) is 2.61. The fourth-order valence-corrected chi connectivity index (χ4v) is 1.81. The number of benzene rings is 1. The molecule has 8 nitrogen and oxygen atoms in total. The van der Waals surface area contributed by atoms with Crippen molar-refractivity contribution in [1.29, 1.82) is 0 Å². The summed E-state index contributed by atoms with van der Waals surface area (Å²) in [5.74, 6) is 0.218. The van der Waals surface area contributed by atoms with E-state index in [0.717, 1.165) is 0 Å². The van der Waals surface area contributed by atoms with E-state index < -0.39 is 0 Å². The molecule has 0 aliphatic carbocycles. The van der Waals surface area contributed by atoms with Crippen molar-refractivity contribution in [2.45, 2.75) is 6.92 Å². The number of tetrazole rings is 1. The minimum atomic E-state index is -0.252. The molecule has 2 N–H and O–H groups in total. The number of nitrogens with one attached hydrogen (secondary N) is 2. The van der Waals surface area contributed by atoms with Crippen molar-refractivity contribution < 1.29 is 9.21 Å². The first kappa shape index (κ1) is 12.0. The number of hydrogen-bond donors (Lipinski definition) is 2. The smallest absolute Gasteiger partial charge is 0.239 e. The minimum absolute atomic E-state index is 0.204. The first-order chi connectivity index (χ1) is 9.63. The van der Waals surface area contributed by atoms with Gasteiger partial charge in [-0.1, -0.05) is 0 Å². The number of rotatable bonds is 2. The van der Waals surface area contributed by atoms with Crippen molar-refractivity contribution >= 4 is 22.6 Å². The van der Waals surface area contributed by atoms with Crippen molar-refractivity contribution in [3.8, 4) is 11.6 Å². The maximum absolute atomic E-state index is 12.1. The molecule has 0 fully saturated rings. The van der Waals surface area contributed by atoms with E-state index in [9.17, 15) is 9.59 Å². The number of aromatic amines is 1. The summed E-state index contributed by atoms with van der Waals surface area (Å²) in [7, 11) is 0. The number of H-pyrrole nitrogens is 1. The van der Waals surface area contributed by atoms with Crippen molar-refractivity contribution in [1.82, 2.24) is 20.6 Å². The highest BCUT2D eigenvalue weighted by Crippen LogP contribution is 2.21. The maximum Gasteiger partial charge on any atom is 0.239 e. The highest BCUT2D eigenvalue weighted by Gasteiger charge is 2.11. The van der Waals surface area contributed by atoms with Crippen LogP contribution < -0.4 is 10.7 Å². The molecule has 0 aliphatic rings. The van der Waals surface area contributed by atoms with Crippen molar-refractivity contribution in [3.05, 3.63) is 34.5 Å². The van der Waals surface area contributed by atoms with E-state index in [4.69, 9.17) is 4.42 Å². The molecule has 3 rings (SSSR count). The van der Waals surface area contributed by atoms with E-state index in [0.29, 0.717) is 16.7 Å². The van der Waals surface area contributed by atoms with E-state index in [1.54, 1.807) is 18.2 Å². The topological polar surface area (TPSA) is 114 Å². The fourth-order valence-electron chi connectivity index (χ4n) is 1.81. The van der Waals surface area contributed by atoms with E-state index in [1.165, 1.54) is 13.0 Å². The molecule has 0 atom stereocenters. The quantitative estimate of drug-likeness (QED) is 0.716. The molecule has 0 bridgehead atoms. The van der Waals surface area contributed by atoms with Crippen LogP contribution in [0.25, 0.3) is 22.6 Å². The molecule has 100 valence electrons. The summed E-state index contributed by atoms with van der Waals surface area (Å²) >= 11 is 0. The van der Waals surface area contributed by atoms with E-state index in [1.807, 2.05) is 0 Å². The summed E-state index contributed by atoms with van der Waals surface area (Å²) in [5.41, 5.74) is 0.661. The summed E-state index contributed by atoms with van der Waals surface area (Å²) in [5, 5.41) is 16.2. The van der Waals surface area contributed by atoms with Gasteiger partial charge in [0.25, 0.3) is 0 Å². The van der Waals surface area contributed by atoms with E-state index in [-0.39, 0.29) is 22.9 Å². The lowest BCUT2D eigenvalue weighted by atomic mass is 10.2. The van der Waals surface area contributed by atoms with Crippen LogP contribution in [0.1, 0.15) is 6.92 Å².